The fourth-order valence-electron chi connectivity index (χ4n) is 3.21. The van der Waals surface area contributed by atoms with E-state index >= 15 is 0 Å². The van der Waals surface area contributed by atoms with Gasteiger partial charge in [0.1, 0.15) is 5.82 Å². The van der Waals surface area contributed by atoms with Crippen molar-refractivity contribution in [2.24, 2.45) is 5.92 Å². The van der Waals surface area contributed by atoms with Crippen molar-refractivity contribution in [3.63, 3.8) is 0 Å². The minimum Gasteiger partial charge on any atom is -0.381 e. The lowest BCUT2D eigenvalue weighted by Crippen LogP contribution is -2.29. The van der Waals surface area contributed by atoms with Crippen LogP contribution in [0.15, 0.2) is 18.3 Å². The van der Waals surface area contributed by atoms with Crippen LogP contribution in [0.2, 0.25) is 0 Å². The number of pyridine rings is 1. The molecule has 0 radical (unpaired) electrons. The van der Waals surface area contributed by atoms with Gasteiger partial charge in [-0.1, -0.05) is 0 Å². The molecule has 0 spiro atoms. The van der Waals surface area contributed by atoms with E-state index < -0.39 is 0 Å². The number of amides is 1. The van der Waals surface area contributed by atoms with Gasteiger partial charge in [-0.25, -0.2) is 4.98 Å². The summed E-state index contributed by atoms with van der Waals surface area (Å²) >= 11 is 0. The predicted molar refractivity (Wildman–Crippen MR) is 87.1 cm³/mol. The third kappa shape index (κ3) is 4.19. The van der Waals surface area contributed by atoms with Crippen LogP contribution in [0.1, 0.15) is 38.5 Å². The Morgan fingerprint density at radius 2 is 2.00 bits per heavy atom. The molecule has 2 saturated heterocycles. The lowest BCUT2D eigenvalue weighted by atomic mass is 9.96. The van der Waals surface area contributed by atoms with Crippen LogP contribution in [-0.4, -0.2) is 37.2 Å². The molecule has 3 rings (SSSR count). The number of nitrogens with one attached hydrogen (secondary N) is 1. The quantitative estimate of drug-likeness (QED) is 0.929. The molecule has 0 aliphatic carbocycles. The second-order valence-corrected chi connectivity index (χ2v) is 6.26. The second-order valence-electron chi connectivity index (χ2n) is 6.26. The van der Waals surface area contributed by atoms with Crippen LogP contribution in [0.25, 0.3) is 0 Å². The number of carbonyl (C=O) groups is 1. The Kier molecular flexibility index (Phi) is 5.27. The van der Waals surface area contributed by atoms with Crippen molar-refractivity contribution in [3.8, 4) is 0 Å². The molecular formula is C17H25N3O2. The highest BCUT2D eigenvalue weighted by Crippen LogP contribution is 2.21. The average molecular weight is 303 g/mol. The van der Waals surface area contributed by atoms with Crippen LogP contribution < -0.4 is 10.2 Å². The van der Waals surface area contributed by atoms with Crippen LogP contribution in [0.3, 0.4) is 0 Å². The summed E-state index contributed by atoms with van der Waals surface area (Å²) < 4.78 is 5.32. The van der Waals surface area contributed by atoms with Crippen molar-refractivity contribution < 1.29 is 9.53 Å². The summed E-state index contributed by atoms with van der Waals surface area (Å²) in [5.41, 5.74) is 1.15. The molecule has 22 heavy (non-hydrogen) atoms. The first-order valence-electron chi connectivity index (χ1n) is 8.40. The first kappa shape index (κ1) is 15.3. The molecule has 0 unspecified atom stereocenters. The van der Waals surface area contributed by atoms with Gasteiger partial charge in [-0.3, -0.25) is 4.79 Å². The Hall–Kier alpha value is -1.62. The Morgan fingerprint density at radius 1 is 1.23 bits per heavy atom. The van der Waals surface area contributed by atoms with Crippen molar-refractivity contribution >= 4 is 17.4 Å². The molecule has 0 saturated carbocycles. The van der Waals surface area contributed by atoms with Gasteiger partial charge in [0.15, 0.2) is 0 Å². The van der Waals surface area contributed by atoms with Gasteiger partial charge < -0.3 is 15.0 Å². The second kappa shape index (κ2) is 7.58. The Morgan fingerprint density at radius 3 is 2.68 bits per heavy atom. The Balaban J connectivity index is 1.50. The molecule has 1 aromatic rings. The van der Waals surface area contributed by atoms with E-state index in [0.29, 0.717) is 18.2 Å². The molecule has 0 bridgehead atoms. The zero-order valence-corrected chi connectivity index (χ0v) is 13.1. The van der Waals surface area contributed by atoms with Gasteiger partial charge in [0.25, 0.3) is 0 Å². The van der Waals surface area contributed by atoms with Crippen molar-refractivity contribution in [2.45, 2.75) is 38.5 Å². The van der Waals surface area contributed by atoms with E-state index in [1.807, 2.05) is 12.3 Å². The Labute approximate surface area is 132 Å². The number of rotatable bonds is 4. The smallest absolute Gasteiger partial charge is 0.225 e. The van der Waals surface area contributed by atoms with Gasteiger partial charge in [-0.05, 0) is 50.2 Å². The minimum absolute atomic E-state index is 0.0603. The summed E-state index contributed by atoms with van der Waals surface area (Å²) in [4.78, 5) is 18.8. The van der Waals surface area contributed by atoms with E-state index in [-0.39, 0.29) is 5.91 Å². The number of nitrogens with zero attached hydrogens (tertiary/aromatic N) is 2. The standard InChI is InChI=1S/C17H25N3O2/c21-17(12-14-6-10-22-11-7-14)19-16-5-4-15(13-18-16)20-8-2-1-3-9-20/h4-5,13-14H,1-3,6-12H2,(H,18,19,21). The monoisotopic (exact) mass is 303 g/mol. The summed E-state index contributed by atoms with van der Waals surface area (Å²) in [5, 5.41) is 2.91. The molecule has 0 aromatic carbocycles. The molecular weight excluding hydrogens is 278 g/mol. The van der Waals surface area contributed by atoms with Crippen LogP contribution in [0.4, 0.5) is 11.5 Å². The normalized spacial score (nSPS) is 19.9. The van der Waals surface area contributed by atoms with Gasteiger partial charge in [-0.2, -0.15) is 0 Å². The summed E-state index contributed by atoms with van der Waals surface area (Å²) in [6.07, 6.45) is 8.23. The molecule has 2 aliphatic rings. The first-order valence-corrected chi connectivity index (χ1v) is 8.40. The third-order valence-electron chi connectivity index (χ3n) is 4.55. The number of carbonyl (C=O) groups excluding carboxylic acids is 1. The van der Waals surface area contributed by atoms with E-state index in [1.54, 1.807) is 0 Å². The summed E-state index contributed by atoms with van der Waals surface area (Å²) in [7, 11) is 0. The lowest BCUT2D eigenvalue weighted by molar-refractivity contribution is -0.117. The minimum atomic E-state index is 0.0603. The van der Waals surface area contributed by atoms with E-state index in [9.17, 15) is 4.79 Å². The number of anilines is 2. The number of piperidine rings is 1. The van der Waals surface area contributed by atoms with Crippen LogP contribution in [0.5, 0.6) is 0 Å². The first-order chi connectivity index (χ1) is 10.8. The van der Waals surface area contributed by atoms with Crippen LogP contribution >= 0.6 is 0 Å². The van der Waals surface area contributed by atoms with Crippen LogP contribution in [-0.2, 0) is 9.53 Å². The highest BCUT2D eigenvalue weighted by Gasteiger charge is 2.18. The number of aromatic nitrogens is 1. The third-order valence-corrected chi connectivity index (χ3v) is 4.55. The van der Waals surface area contributed by atoms with Crippen LogP contribution in [0, 0.1) is 5.92 Å². The zero-order chi connectivity index (χ0) is 15.2. The molecule has 120 valence electrons. The number of hydrogen-bond acceptors (Lipinski definition) is 4. The van der Waals surface area contributed by atoms with Crippen molar-refractivity contribution in [3.05, 3.63) is 18.3 Å². The van der Waals surface area contributed by atoms with Crippen molar-refractivity contribution in [1.29, 1.82) is 0 Å². The SMILES string of the molecule is O=C(CC1CCOCC1)Nc1ccc(N2CCCCC2)cn1. The number of ether oxygens (including phenoxy) is 1. The van der Waals surface area contributed by atoms with Gasteiger partial charge in [0, 0.05) is 32.7 Å². The van der Waals surface area contributed by atoms with Crippen molar-refractivity contribution in [1.82, 2.24) is 4.98 Å². The summed E-state index contributed by atoms with van der Waals surface area (Å²) in [5.74, 6) is 1.16. The van der Waals surface area contributed by atoms with Gasteiger partial charge in [0.2, 0.25) is 5.91 Å². The number of hydrogen-bond donors (Lipinski definition) is 1. The Bertz CT molecular complexity index is 477. The fourth-order valence-corrected chi connectivity index (χ4v) is 3.21. The highest BCUT2D eigenvalue weighted by atomic mass is 16.5. The van der Waals surface area contributed by atoms with E-state index in [0.717, 1.165) is 44.8 Å². The molecule has 2 aliphatic heterocycles. The van der Waals surface area contributed by atoms with Gasteiger partial charge in [0.05, 0.1) is 11.9 Å². The van der Waals surface area contributed by atoms with E-state index in [4.69, 9.17) is 4.74 Å². The fraction of sp³-hybridized carbons (Fsp3) is 0.647. The summed E-state index contributed by atoms with van der Waals surface area (Å²) in [6, 6.07) is 3.97. The molecule has 0 atom stereocenters. The average Bonchev–Trinajstić information content (AvgIpc) is 2.57. The maximum absolute atomic E-state index is 12.1. The highest BCUT2D eigenvalue weighted by molar-refractivity contribution is 5.90. The summed E-state index contributed by atoms with van der Waals surface area (Å²) in [6.45, 7) is 3.77. The van der Waals surface area contributed by atoms with E-state index in [2.05, 4.69) is 21.3 Å². The molecule has 5 heteroatoms. The molecule has 3 heterocycles. The largest absolute Gasteiger partial charge is 0.381 e. The predicted octanol–water partition coefficient (Wildman–Crippen LogP) is 2.83. The molecule has 1 N–H and O–H groups in total. The van der Waals surface area contributed by atoms with E-state index in [1.165, 1.54) is 19.3 Å². The molecule has 1 aromatic heterocycles. The molecule has 1 amide bonds. The maximum atomic E-state index is 12.1. The molecule has 2 fully saturated rings. The topological polar surface area (TPSA) is 54.5 Å². The molecule has 5 nitrogen and oxygen atoms in total. The van der Waals surface area contributed by atoms with Gasteiger partial charge >= 0.3 is 0 Å². The van der Waals surface area contributed by atoms with Gasteiger partial charge in [-0.15, -0.1) is 0 Å². The zero-order valence-electron chi connectivity index (χ0n) is 13.1. The lowest BCUT2D eigenvalue weighted by Gasteiger charge is -2.28. The van der Waals surface area contributed by atoms with Crippen molar-refractivity contribution in [2.75, 3.05) is 36.5 Å². The maximum Gasteiger partial charge on any atom is 0.225 e.